The molecule has 0 saturated heterocycles. The number of rotatable bonds is 2. The van der Waals surface area contributed by atoms with Gasteiger partial charge in [0, 0.05) is 11.8 Å². The smallest absolute Gasteiger partial charge is 0.117 e. The summed E-state index contributed by atoms with van der Waals surface area (Å²) in [4.78, 5) is 0. The van der Waals surface area contributed by atoms with Crippen LogP contribution in [0.2, 0.25) is 5.02 Å². The van der Waals surface area contributed by atoms with Crippen molar-refractivity contribution in [1.82, 2.24) is 0 Å². The summed E-state index contributed by atoms with van der Waals surface area (Å²) in [5, 5.41) is 12.9. The first-order valence-corrected chi connectivity index (χ1v) is 5.34. The van der Waals surface area contributed by atoms with Crippen molar-refractivity contribution in [3.63, 3.8) is 0 Å². The Morgan fingerprint density at radius 3 is 2.53 bits per heavy atom. The normalized spacial score (nSPS) is 10.2. The molecule has 4 nitrogen and oxygen atoms in total. The van der Waals surface area contributed by atoms with Gasteiger partial charge < -0.3 is 21.9 Å². The fourth-order valence-corrected chi connectivity index (χ4v) is 1.60. The molecule has 0 spiro atoms. The number of anilines is 4. The van der Waals surface area contributed by atoms with E-state index in [-0.39, 0.29) is 5.75 Å². The number of nitrogens with one attached hydrogen (secondary N) is 1. The van der Waals surface area contributed by atoms with Crippen LogP contribution in [0.25, 0.3) is 0 Å². The van der Waals surface area contributed by atoms with Crippen molar-refractivity contribution < 1.29 is 5.11 Å². The van der Waals surface area contributed by atoms with Crippen LogP contribution < -0.4 is 16.8 Å². The topological polar surface area (TPSA) is 84.3 Å². The third kappa shape index (κ3) is 2.54. The fourth-order valence-electron chi connectivity index (χ4n) is 1.44. The number of phenols is 1. The van der Waals surface area contributed by atoms with Crippen LogP contribution in [0, 0.1) is 0 Å². The highest BCUT2D eigenvalue weighted by Gasteiger charge is 2.05. The summed E-state index contributed by atoms with van der Waals surface area (Å²) in [7, 11) is 0. The number of aromatic hydroxyl groups is 1. The Bertz CT molecular complexity index is 508. The minimum Gasteiger partial charge on any atom is -0.508 e. The lowest BCUT2D eigenvalue weighted by atomic mass is 10.2. The molecule has 88 valence electrons. The minimum atomic E-state index is 0.127. The average molecular weight is 250 g/mol. The molecule has 0 bridgehead atoms. The van der Waals surface area contributed by atoms with E-state index in [1.54, 1.807) is 24.3 Å². The molecular weight excluding hydrogens is 238 g/mol. The first-order valence-electron chi connectivity index (χ1n) is 4.97. The summed E-state index contributed by atoms with van der Waals surface area (Å²) in [6.45, 7) is 0. The van der Waals surface area contributed by atoms with E-state index in [1.807, 2.05) is 0 Å². The SMILES string of the molecule is Nc1ccc(Cl)c(Nc2cc(O)ccc2N)c1. The van der Waals surface area contributed by atoms with Crippen molar-refractivity contribution >= 4 is 34.4 Å². The van der Waals surface area contributed by atoms with Gasteiger partial charge in [-0.3, -0.25) is 0 Å². The predicted octanol–water partition coefficient (Wildman–Crippen LogP) is 2.95. The number of hydrogen-bond donors (Lipinski definition) is 4. The zero-order valence-electron chi connectivity index (χ0n) is 8.94. The van der Waals surface area contributed by atoms with Crippen LogP contribution in [0.4, 0.5) is 22.7 Å². The highest BCUT2D eigenvalue weighted by Crippen LogP contribution is 2.31. The lowest BCUT2D eigenvalue weighted by Gasteiger charge is -2.11. The van der Waals surface area contributed by atoms with Gasteiger partial charge in [0.1, 0.15) is 5.75 Å². The van der Waals surface area contributed by atoms with Crippen molar-refractivity contribution in [2.75, 3.05) is 16.8 Å². The first-order chi connectivity index (χ1) is 8.06. The van der Waals surface area contributed by atoms with E-state index >= 15 is 0 Å². The van der Waals surface area contributed by atoms with Crippen LogP contribution in [-0.4, -0.2) is 5.11 Å². The van der Waals surface area contributed by atoms with Gasteiger partial charge in [-0.1, -0.05) is 11.6 Å². The predicted molar refractivity (Wildman–Crippen MR) is 71.7 cm³/mol. The standard InChI is InChI=1S/C12H12ClN3O/c13-9-3-1-7(14)5-11(9)16-12-6-8(17)2-4-10(12)15/h1-6,16-17H,14-15H2. The number of nitrogen functional groups attached to an aromatic ring is 2. The lowest BCUT2D eigenvalue weighted by Crippen LogP contribution is -1.97. The lowest BCUT2D eigenvalue weighted by molar-refractivity contribution is 0.475. The van der Waals surface area contributed by atoms with Crippen molar-refractivity contribution in [3.05, 3.63) is 41.4 Å². The number of nitrogens with two attached hydrogens (primary N) is 2. The Labute approximate surface area is 104 Å². The zero-order valence-corrected chi connectivity index (χ0v) is 9.70. The molecular formula is C12H12ClN3O. The van der Waals surface area contributed by atoms with Crippen LogP contribution in [0.1, 0.15) is 0 Å². The van der Waals surface area contributed by atoms with E-state index < -0.39 is 0 Å². The summed E-state index contributed by atoms with van der Waals surface area (Å²) >= 11 is 6.02. The fraction of sp³-hybridized carbons (Fsp3) is 0. The van der Waals surface area contributed by atoms with E-state index in [9.17, 15) is 5.11 Å². The van der Waals surface area contributed by atoms with Crippen LogP contribution in [0.3, 0.4) is 0 Å². The van der Waals surface area contributed by atoms with Crippen LogP contribution in [0.15, 0.2) is 36.4 Å². The molecule has 2 aromatic rings. The van der Waals surface area contributed by atoms with Crippen molar-refractivity contribution in [2.45, 2.75) is 0 Å². The molecule has 0 unspecified atom stereocenters. The van der Waals surface area contributed by atoms with Crippen LogP contribution in [0.5, 0.6) is 5.75 Å². The van der Waals surface area contributed by atoms with E-state index in [0.717, 1.165) is 0 Å². The zero-order chi connectivity index (χ0) is 12.4. The molecule has 6 N–H and O–H groups in total. The second kappa shape index (κ2) is 4.43. The summed E-state index contributed by atoms with van der Waals surface area (Å²) < 4.78 is 0. The Hall–Kier alpha value is -2.07. The molecule has 0 saturated carbocycles. The van der Waals surface area contributed by atoms with E-state index in [2.05, 4.69) is 5.32 Å². The second-order valence-electron chi connectivity index (χ2n) is 3.64. The van der Waals surface area contributed by atoms with Crippen LogP contribution in [-0.2, 0) is 0 Å². The van der Waals surface area contributed by atoms with Crippen molar-refractivity contribution in [3.8, 4) is 5.75 Å². The molecule has 2 aromatic carbocycles. The summed E-state index contributed by atoms with van der Waals surface area (Å²) in [5.74, 6) is 0.127. The van der Waals surface area contributed by atoms with Gasteiger partial charge in [-0.2, -0.15) is 0 Å². The number of benzene rings is 2. The molecule has 0 amide bonds. The van der Waals surface area contributed by atoms with E-state index in [4.69, 9.17) is 23.1 Å². The molecule has 0 fully saturated rings. The molecule has 0 aliphatic rings. The summed E-state index contributed by atoms with van der Waals surface area (Å²) in [5.41, 5.74) is 13.8. The van der Waals surface area contributed by atoms with Gasteiger partial charge in [-0.25, -0.2) is 0 Å². The largest absolute Gasteiger partial charge is 0.508 e. The van der Waals surface area contributed by atoms with Gasteiger partial charge in [0.2, 0.25) is 0 Å². The maximum absolute atomic E-state index is 9.39. The molecule has 0 aromatic heterocycles. The number of phenolic OH excluding ortho intramolecular Hbond substituents is 1. The van der Waals surface area contributed by atoms with E-state index in [0.29, 0.717) is 27.8 Å². The maximum atomic E-state index is 9.39. The maximum Gasteiger partial charge on any atom is 0.117 e. The Morgan fingerprint density at radius 1 is 1.00 bits per heavy atom. The third-order valence-electron chi connectivity index (χ3n) is 2.30. The highest BCUT2D eigenvalue weighted by molar-refractivity contribution is 6.33. The number of hydrogen-bond acceptors (Lipinski definition) is 4. The molecule has 0 atom stereocenters. The van der Waals surface area contributed by atoms with Gasteiger partial charge in [0.25, 0.3) is 0 Å². The molecule has 0 aliphatic carbocycles. The summed E-state index contributed by atoms with van der Waals surface area (Å²) in [6.07, 6.45) is 0. The van der Waals surface area contributed by atoms with E-state index in [1.165, 1.54) is 12.1 Å². The average Bonchev–Trinajstić information content (AvgIpc) is 2.28. The third-order valence-corrected chi connectivity index (χ3v) is 2.63. The Morgan fingerprint density at radius 2 is 1.76 bits per heavy atom. The van der Waals surface area contributed by atoms with Crippen molar-refractivity contribution in [2.24, 2.45) is 0 Å². The minimum absolute atomic E-state index is 0.127. The van der Waals surface area contributed by atoms with Gasteiger partial charge in [-0.15, -0.1) is 0 Å². The van der Waals surface area contributed by atoms with Crippen LogP contribution >= 0.6 is 11.6 Å². The summed E-state index contributed by atoms with van der Waals surface area (Å²) in [6, 6.07) is 9.75. The van der Waals surface area contributed by atoms with Crippen molar-refractivity contribution in [1.29, 1.82) is 0 Å². The van der Waals surface area contributed by atoms with Gasteiger partial charge in [-0.05, 0) is 30.3 Å². The molecule has 0 aliphatic heterocycles. The Kier molecular flexibility index (Phi) is 2.97. The molecule has 0 heterocycles. The molecule has 0 radical (unpaired) electrons. The highest BCUT2D eigenvalue weighted by atomic mass is 35.5. The quantitative estimate of drug-likeness (QED) is 0.487. The number of halogens is 1. The molecule has 2 rings (SSSR count). The molecule has 5 heteroatoms. The van der Waals surface area contributed by atoms with Gasteiger partial charge in [0.15, 0.2) is 0 Å². The van der Waals surface area contributed by atoms with Gasteiger partial charge in [0.05, 0.1) is 22.1 Å². The monoisotopic (exact) mass is 249 g/mol. The first kappa shape index (κ1) is 11.4. The Balaban J connectivity index is 2.37. The second-order valence-corrected chi connectivity index (χ2v) is 4.04. The molecule has 17 heavy (non-hydrogen) atoms. The van der Waals surface area contributed by atoms with Gasteiger partial charge >= 0.3 is 0 Å².